The van der Waals surface area contributed by atoms with Gasteiger partial charge in [-0.25, -0.2) is 9.97 Å². The maximum atomic E-state index is 12.6. The lowest BCUT2D eigenvalue weighted by molar-refractivity contribution is 0.102. The Kier molecular flexibility index (Phi) is 5.37. The highest BCUT2D eigenvalue weighted by molar-refractivity contribution is 6.04. The lowest BCUT2D eigenvalue weighted by atomic mass is 10.0. The van der Waals surface area contributed by atoms with Crippen molar-refractivity contribution < 1.29 is 4.79 Å². The summed E-state index contributed by atoms with van der Waals surface area (Å²) in [5.41, 5.74) is 7.63. The lowest BCUT2D eigenvalue weighted by Crippen LogP contribution is -2.11. The van der Waals surface area contributed by atoms with Crippen molar-refractivity contribution in [1.29, 1.82) is 0 Å². The highest BCUT2D eigenvalue weighted by Crippen LogP contribution is 2.32. The Balaban J connectivity index is 1.25. The molecule has 0 fully saturated rings. The number of imidazole rings is 1. The highest BCUT2D eigenvalue weighted by Gasteiger charge is 2.17. The zero-order valence-corrected chi connectivity index (χ0v) is 20.5. The van der Waals surface area contributed by atoms with Crippen LogP contribution >= 0.6 is 0 Å². The van der Waals surface area contributed by atoms with Gasteiger partial charge in [-0.2, -0.15) is 5.10 Å². The van der Waals surface area contributed by atoms with Gasteiger partial charge in [0.15, 0.2) is 11.5 Å². The molecule has 7 rings (SSSR count). The van der Waals surface area contributed by atoms with Crippen molar-refractivity contribution in [3.63, 3.8) is 0 Å². The van der Waals surface area contributed by atoms with Crippen molar-refractivity contribution in [2.45, 2.75) is 0 Å². The van der Waals surface area contributed by atoms with Gasteiger partial charge < -0.3 is 10.3 Å². The number of hydrogen-bond acceptors (Lipinski definition) is 6. The smallest absolute Gasteiger partial charge is 0.255 e. The monoisotopic (exact) mass is 508 g/mol. The van der Waals surface area contributed by atoms with Crippen LogP contribution in [0.3, 0.4) is 0 Å². The number of amides is 1. The van der Waals surface area contributed by atoms with Crippen LogP contribution in [-0.2, 0) is 0 Å². The summed E-state index contributed by atoms with van der Waals surface area (Å²) in [5, 5.41) is 11.5. The summed E-state index contributed by atoms with van der Waals surface area (Å²) in [4.78, 5) is 34.1. The molecule has 9 heteroatoms. The Morgan fingerprint density at radius 2 is 1.72 bits per heavy atom. The van der Waals surface area contributed by atoms with Crippen molar-refractivity contribution in [2.24, 2.45) is 0 Å². The summed E-state index contributed by atoms with van der Waals surface area (Å²) in [6, 6.07) is 24.7. The van der Waals surface area contributed by atoms with E-state index in [-0.39, 0.29) is 5.91 Å². The quantitative estimate of drug-likeness (QED) is 0.267. The van der Waals surface area contributed by atoms with Crippen LogP contribution in [0, 0.1) is 0 Å². The third-order valence-electron chi connectivity index (χ3n) is 6.48. The molecule has 0 spiro atoms. The Hall–Kier alpha value is -5.70. The van der Waals surface area contributed by atoms with Crippen LogP contribution in [0.25, 0.3) is 56.0 Å². The Morgan fingerprint density at radius 1 is 0.821 bits per heavy atom. The third kappa shape index (κ3) is 4.17. The first-order valence-electron chi connectivity index (χ1n) is 12.3. The summed E-state index contributed by atoms with van der Waals surface area (Å²) < 4.78 is 0. The number of carbonyl (C=O) groups excluding carboxylic acids is 1. The lowest BCUT2D eigenvalue weighted by Gasteiger charge is -2.08. The number of anilines is 1. The van der Waals surface area contributed by atoms with Crippen LogP contribution in [-0.4, -0.2) is 41.0 Å². The fourth-order valence-electron chi connectivity index (χ4n) is 4.58. The van der Waals surface area contributed by atoms with Gasteiger partial charge in [0.25, 0.3) is 5.91 Å². The molecule has 7 aromatic rings. The first kappa shape index (κ1) is 22.5. The van der Waals surface area contributed by atoms with Gasteiger partial charge in [0.1, 0.15) is 11.2 Å². The van der Waals surface area contributed by atoms with E-state index in [1.165, 1.54) is 0 Å². The zero-order chi connectivity index (χ0) is 26.2. The van der Waals surface area contributed by atoms with E-state index in [0.717, 1.165) is 38.8 Å². The number of hydrogen-bond donors (Lipinski definition) is 3. The number of rotatable bonds is 5. The van der Waals surface area contributed by atoms with E-state index in [2.05, 4.69) is 35.5 Å². The molecule has 186 valence electrons. The molecule has 0 atom stereocenters. The summed E-state index contributed by atoms with van der Waals surface area (Å²) in [7, 11) is 0. The molecule has 39 heavy (non-hydrogen) atoms. The topological polar surface area (TPSA) is 125 Å². The first-order chi connectivity index (χ1) is 19.2. The molecule has 9 nitrogen and oxygen atoms in total. The van der Waals surface area contributed by atoms with E-state index >= 15 is 0 Å². The van der Waals surface area contributed by atoms with Gasteiger partial charge >= 0.3 is 0 Å². The molecule has 0 aliphatic heterocycles. The normalized spacial score (nSPS) is 11.2. The summed E-state index contributed by atoms with van der Waals surface area (Å²) in [6.45, 7) is 0. The number of fused-ring (bicyclic) bond motifs is 2. The average Bonchev–Trinajstić information content (AvgIpc) is 3.62. The summed E-state index contributed by atoms with van der Waals surface area (Å²) in [6.07, 6.45) is 6.90. The molecule has 0 bridgehead atoms. The maximum Gasteiger partial charge on any atom is 0.255 e. The van der Waals surface area contributed by atoms with Crippen LogP contribution in [0.2, 0.25) is 0 Å². The van der Waals surface area contributed by atoms with E-state index in [4.69, 9.17) is 4.98 Å². The van der Waals surface area contributed by atoms with Crippen LogP contribution in [0.15, 0.2) is 104 Å². The summed E-state index contributed by atoms with van der Waals surface area (Å²) in [5.74, 6) is 0.414. The average molecular weight is 509 g/mol. The standard InChI is InChI=1S/C30H20N8O/c39-30(18-6-2-1-3-7-18)34-21-14-20(16-31-17-21)19-9-10-25-23(15-19)27(38-37-25)29-35-26-22(11-13-33-28(26)36-29)24-8-4-5-12-32-24/h1-17H,(H,34,39)(H,37,38)(H,33,35,36). The van der Waals surface area contributed by atoms with Crippen molar-refractivity contribution >= 4 is 33.7 Å². The second-order valence-electron chi connectivity index (χ2n) is 8.97. The van der Waals surface area contributed by atoms with Crippen LogP contribution in [0.4, 0.5) is 5.69 Å². The molecule has 0 saturated carbocycles. The first-order valence-corrected chi connectivity index (χ1v) is 12.3. The second-order valence-corrected chi connectivity index (χ2v) is 8.97. The van der Waals surface area contributed by atoms with E-state index in [9.17, 15) is 4.79 Å². The predicted molar refractivity (Wildman–Crippen MR) is 150 cm³/mol. The SMILES string of the molecule is O=C(Nc1cncc(-c2ccc3[nH]nc(-c4nc5c(-c6ccccn6)ccnc5[nH]4)c3c2)c1)c1ccccc1. The van der Waals surface area contributed by atoms with Crippen molar-refractivity contribution in [2.75, 3.05) is 5.32 Å². The fraction of sp³-hybridized carbons (Fsp3) is 0. The van der Waals surface area contributed by atoms with Crippen LogP contribution < -0.4 is 5.32 Å². The minimum Gasteiger partial charge on any atom is -0.321 e. The van der Waals surface area contributed by atoms with E-state index in [1.807, 2.05) is 66.7 Å². The van der Waals surface area contributed by atoms with Crippen LogP contribution in [0.5, 0.6) is 0 Å². The van der Waals surface area contributed by atoms with E-state index in [0.29, 0.717) is 28.4 Å². The number of pyridine rings is 3. The molecule has 5 heterocycles. The Morgan fingerprint density at radius 3 is 2.59 bits per heavy atom. The third-order valence-corrected chi connectivity index (χ3v) is 6.48. The number of aromatic amines is 2. The number of H-pyrrole nitrogens is 2. The Labute approximate surface area is 222 Å². The van der Waals surface area contributed by atoms with Gasteiger partial charge in [-0.3, -0.25) is 19.9 Å². The van der Waals surface area contributed by atoms with Gasteiger partial charge in [-0.05, 0) is 54.1 Å². The van der Waals surface area contributed by atoms with Crippen molar-refractivity contribution in [3.8, 4) is 33.9 Å². The zero-order valence-electron chi connectivity index (χ0n) is 20.5. The van der Waals surface area contributed by atoms with Gasteiger partial charge in [0, 0.05) is 40.7 Å². The molecule has 0 aliphatic rings. The largest absolute Gasteiger partial charge is 0.321 e. The molecule has 2 aromatic carbocycles. The van der Waals surface area contributed by atoms with E-state index in [1.54, 1.807) is 36.9 Å². The fourth-order valence-corrected chi connectivity index (χ4v) is 4.58. The molecule has 1 amide bonds. The van der Waals surface area contributed by atoms with Crippen LogP contribution in [0.1, 0.15) is 10.4 Å². The van der Waals surface area contributed by atoms with E-state index < -0.39 is 0 Å². The predicted octanol–water partition coefficient (Wildman–Crippen LogP) is 5.88. The molecule has 5 aromatic heterocycles. The number of carbonyl (C=O) groups is 1. The van der Waals surface area contributed by atoms with Gasteiger partial charge in [0.05, 0.1) is 23.1 Å². The Bertz CT molecular complexity index is 1960. The maximum absolute atomic E-state index is 12.6. The highest BCUT2D eigenvalue weighted by atomic mass is 16.1. The molecule has 0 aliphatic carbocycles. The van der Waals surface area contributed by atoms with Gasteiger partial charge in [0.2, 0.25) is 0 Å². The summed E-state index contributed by atoms with van der Waals surface area (Å²) >= 11 is 0. The molecule has 0 unspecified atom stereocenters. The number of nitrogens with one attached hydrogen (secondary N) is 3. The number of aromatic nitrogens is 7. The van der Waals surface area contributed by atoms with Gasteiger partial charge in [-0.15, -0.1) is 0 Å². The minimum atomic E-state index is -0.189. The number of nitrogens with zero attached hydrogens (tertiary/aromatic N) is 5. The second kappa shape index (κ2) is 9.31. The minimum absolute atomic E-state index is 0.189. The molecular formula is C30H20N8O. The molecular weight excluding hydrogens is 488 g/mol. The number of benzene rings is 2. The van der Waals surface area contributed by atoms with Gasteiger partial charge in [-0.1, -0.05) is 30.3 Å². The van der Waals surface area contributed by atoms with Crippen molar-refractivity contribution in [3.05, 3.63) is 109 Å². The molecule has 3 N–H and O–H groups in total. The van der Waals surface area contributed by atoms with Crippen molar-refractivity contribution in [1.82, 2.24) is 35.1 Å². The molecule has 0 radical (unpaired) electrons. The molecule has 0 saturated heterocycles.